The van der Waals surface area contributed by atoms with Crippen molar-refractivity contribution in [3.05, 3.63) is 64.6 Å². The molecule has 0 aliphatic carbocycles. The molecule has 0 fully saturated rings. The Kier molecular flexibility index (Phi) is 14.4. The van der Waals surface area contributed by atoms with Crippen molar-refractivity contribution in [2.45, 2.75) is 52.0 Å². The highest BCUT2D eigenvalue weighted by molar-refractivity contribution is 8.17. The van der Waals surface area contributed by atoms with Crippen LogP contribution in [0, 0.1) is 12.8 Å². The van der Waals surface area contributed by atoms with E-state index in [-0.39, 0.29) is 66.7 Å². The Balaban J connectivity index is 0.00000736. The molecule has 3 rings (SSSR count). The summed E-state index contributed by atoms with van der Waals surface area (Å²) in [6.45, 7) is 6.80. The topological polar surface area (TPSA) is 165 Å². The third-order valence-electron chi connectivity index (χ3n) is 6.86. The number of nitrogens with two attached hydrogens (primary N) is 1. The number of fused-ring (bicyclic) bond motifs is 1. The first-order chi connectivity index (χ1) is 21.2. The van der Waals surface area contributed by atoms with E-state index in [1.165, 1.54) is 11.0 Å². The van der Waals surface area contributed by atoms with Gasteiger partial charge < -0.3 is 20.3 Å². The van der Waals surface area contributed by atoms with Gasteiger partial charge in [0.15, 0.2) is 5.12 Å². The maximum Gasteiger partial charge on any atom is 0.307 e. The predicted octanol–water partition coefficient (Wildman–Crippen LogP) is 4.42. The smallest absolute Gasteiger partial charge is 0.307 e. The van der Waals surface area contributed by atoms with Gasteiger partial charge in [-0.3, -0.25) is 14.4 Å². The minimum Gasteiger partial charge on any atom is -0.465 e. The van der Waals surface area contributed by atoms with E-state index in [1.807, 2.05) is 31.1 Å². The number of amides is 1. The zero-order valence-electron chi connectivity index (χ0n) is 26.8. The number of hydrogen-bond donors (Lipinski definition) is 2. The molecule has 0 atom stereocenters. The lowest BCUT2D eigenvalue weighted by Crippen LogP contribution is -2.27. The summed E-state index contributed by atoms with van der Waals surface area (Å²) < 4.78 is 34.1. The van der Waals surface area contributed by atoms with E-state index >= 15 is 0 Å². The summed E-state index contributed by atoms with van der Waals surface area (Å²) in [5.41, 5.74) is 7.93. The van der Waals surface area contributed by atoms with Crippen LogP contribution in [0.25, 0.3) is 10.8 Å². The molecular formula is C31H41ClN6O6S2. The molecular weight excluding hydrogens is 652 g/mol. The van der Waals surface area contributed by atoms with Crippen molar-refractivity contribution in [2.75, 3.05) is 37.9 Å². The largest absolute Gasteiger partial charge is 0.465 e. The molecule has 0 saturated heterocycles. The van der Waals surface area contributed by atoms with Crippen molar-refractivity contribution in [3.8, 4) is 0 Å². The lowest BCUT2D eigenvalue weighted by Gasteiger charge is -2.22. The maximum absolute atomic E-state index is 13.1. The zero-order valence-corrected chi connectivity index (χ0v) is 29.2. The molecule has 1 amide bonds. The Labute approximate surface area is 280 Å². The molecule has 15 heteroatoms. The molecule has 0 unspecified atom stereocenters. The second kappa shape index (κ2) is 17.3. The van der Waals surface area contributed by atoms with Crippen LogP contribution < -0.4 is 15.4 Å². The van der Waals surface area contributed by atoms with E-state index in [0.29, 0.717) is 33.8 Å². The fraction of sp³-hybridized carbons (Fsp3) is 0.387. The number of thioether (sulfide) groups is 1. The average Bonchev–Trinajstić information content (AvgIpc) is 2.98. The molecule has 0 saturated carbocycles. The van der Waals surface area contributed by atoms with Crippen LogP contribution in [0.5, 0.6) is 0 Å². The van der Waals surface area contributed by atoms with Gasteiger partial charge in [0.2, 0.25) is 16.4 Å². The Hall–Kier alpha value is -3.72. The number of rotatable bonds is 15. The van der Waals surface area contributed by atoms with Gasteiger partial charge in [0.25, 0.3) is 0 Å². The number of benzene rings is 2. The number of allylic oxidation sites excluding steroid dienone is 1. The highest BCUT2D eigenvalue weighted by atomic mass is 35.5. The van der Waals surface area contributed by atoms with E-state index in [2.05, 4.69) is 14.7 Å². The van der Waals surface area contributed by atoms with Gasteiger partial charge in [-0.05, 0) is 26.0 Å². The SMILES string of the molecule is CC(=C(CCOC(=O)CCNS(=O)(=O)c1cccc2c(N(C)C)cccc12)SC(=O)C(C)C)N(C=O)Cc1cnc(C)nc1N.Cl. The van der Waals surface area contributed by atoms with E-state index in [1.54, 1.807) is 52.1 Å². The van der Waals surface area contributed by atoms with Crippen LogP contribution >= 0.6 is 24.2 Å². The lowest BCUT2D eigenvalue weighted by molar-refractivity contribution is -0.143. The summed E-state index contributed by atoms with van der Waals surface area (Å²) >= 11 is 0.988. The van der Waals surface area contributed by atoms with E-state index < -0.39 is 16.0 Å². The molecule has 46 heavy (non-hydrogen) atoms. The fourth-order valence-corrected chi connectivity index (χ4v) is 6.52. The van der Waals surface area contributed by atoms with Crippen LogP contribution in [0.1, 0.15) is 45.0 Å². The van der Waals surface area contributed by atoms with E-state index in [4.69, 9.17) is 10.5 Å². The van der Waals surface area contributed by atoms with Crippen molar-refractivity contribution in [3.63, 3.8) is 0 Å². The van der Waals surface area contributed by atoms with Crippen LogP contribution in [-0.4, -0.2) is 68.0 Å². The molecule has 1 aromatic heterocycles. The molecule has 0 radical (unpaired) electrons. The van der Waals surface area contributed by atoms with Crippen molar-refractivity contribution < 1.29 is 27.5 Å². The first-order valence-electron chi connectivity index (χ1n) is 14.3. The Morgan fingerprint density at radius 1 is 1.11 bits per heavy atom. The molecule has 0 aliphatic heterocycles. The van der Waals surface area contributed by atoms with Gasteiger partial charge in [0, 0.05) is 71.8 Å². The van der Waals surface area contributed by atoms with Crippen LogP contribution in [0.15, 0.2) is 58.1 Å². The number of esters is 1. The standard InChI is InChI=1S/C31H40N6O6S2.ClH/c1-20(2)31(40)44-27(21(3)37(19-38)18-23-17-33-22(4)35-30(23)32)14-16-43-29(39)13-15-34-45(41,42)28-12-8-9-24-25(28)10-7-11-26(24)36(5)6;/h7-12,17,19-20,34H,13-16,18H2,1-6H3,(H2,32,33,35);1H. The molecule has 0 bridgehead atoms. The summed E-state index contributed by atoms with van der Waals surface area (Å²) in [5, 5.41) is 1.26. The lowest BCUT2D eigenvalue weighted by atomic mass is 10.1. The number of aryl methyl sites for hydroxylation is 1. The van der Waals surface area contributed by atoms with Crippen LogP contribution in [0.4, 0.5) is 11.5 Å². The Bertz CT molecular complexity index is 1700. The number of nitrogen functional groups attached to an aromatic ring is 1. The van der Waals surface area contributed by atoms with Crippen LogP contribution in [0.3, 0.4) is 0 Å². The number of carbonyl (C=O) groups excluding carboxylic acids is 3. The number of aromatic nitrogens is 2. The monoisotopic (exact) mass is 692 g/mol. The highest BCUT2D eigenvalue weighted by Gasteiger charge is 2.21. The summed E-state index contributed by atoms with van der Waals surface area (Å²) in [7, 11) is -0.147. The number of sulfonamides is 1. The van der Waals surface area contributed by atoms with Crippen molar-refractivity contribution in [1.29, 1.82) is 0 Å². The first-order valence-corrected chi connectivity index (χ1v) is 16.6. The van der Waals surface area contributed by atoms with Gasteiger partial charge >= 0.3 is 5.97 Å². The number of ether oxygens (including phenoxy) is 1. The zero-order chi connectivity index (χ0) is 33.3. The van der Waals surface area contributed by atoms with Gasteiger partial charge in [-0.25, -0.2) is 23.1 Å². The van der Waals surface area contributed by atoms with Crippen molar-refractivity contribution in [1.82, 2.24) is 19.6 Å². The molecule has 1 heterocycles. The second-order valence-corrected chi connectivity index (χ2v) is 13.6. The normalized spacial score (nSPS) is 11.9. The molecule has 3 aromatic rings. The minimum atomic E-state index is -3.92. The van der Waals surface area contributed by atoms with E-state index in [0.717, 1.165) is 22.8 Å². The maximum atomic E-state index is 13.1. The van der Waals surface area contributed by atoms with Gasteiger partial charge in [0.05, 0.1) is 24.5 Å². The van der Waals surface area contributed by atoms with Crippen LogP contribution in [-0.2, 0) is 35.7 Å². The number of carbonyl (C=O) groups is 3. The molecule has 2 aromatic carbocycles. The fourth-order valence-electron chi connectivity index (χ4n) is 4.34. The van der Waals surface area contributed by atoms with Gasteiger partial charge in [-0.2, -0.15) is 0 Å². The number of hydrogen-bond acceptors (Lipinski definition) is 11. The van der Waals surface area contributed by atoms with Gasteiger partial charge in [0.1, 0.15) is 11.6 Å². The van der Waals surface area contributed by atoms with Gasteiger partial charge in [-0.15, -0.1) is 12.4 Å². The summed E-state index contributed by atoms with van der Waals surface area (Å²) in [6.07, 6.45) is 2.15. The average molecular weight is 693 g/mol. The second-order valence-electron chi connectivity index (χ2n) is 10.8. The number of nitrogens with one attached hydrogen (secondary N) is 1. The Morgan fingerprint density at radius 3 is 2.41 bits per heavy atom. The van der Waals surface area contributed by atoms with E-state index in [9.17, 15) is 22.8 Å². The minimum absolute atomic E-state index is 0. The third kappa shape index (κ3) is 10.1. The third-order valence-corrected chi connectivity index (χ3v) is 9.80. The summed E-state index contributed by atoms with van der Waals surface area (Å²) in [4.78, 5) is 49.4. The summed E-state index contributed by atoms with van der Waals surface area (Å²) in [6, 6.07) is 10.5. The molecule has 0 aliphatic rings. The number of halogens is 1. The van der Waals surface area contributed by atoms with Crippen LogP contribution in [0.2, 0.25) is 0 Å². The first kappa shape index (κ1) is 38.5. The Morgan fingerprint density at radius 2 is 1.78 bits per heavy atom. The molecule has 250 valence electrons. The quantitative estimate of drug-likeness (QED) is 0.171. The highest BCUT2D eigenvalue weighted by Crippen LogP contribution is 2.31. The van der Waals surface area contributed by atoms with Gasteiger partial charge in [-0.1, -0.05) is 49.9 Å². The summed E-state index contributed by atoms with van der Waals surface area (Å²) in [5.74, 6) is -0.130. The molecule has 0 spiro atoms. The number of nitrogens with zero attached hydrogens (tertiary/aromatic N) is 4. The predicted molar refractivity (Wildman–Crippen MR) is 184 cm³/mol. The molecule has 3 N–H and O–H groups in total. The number of anilines is 2. The van der Waals surface area contributed by atoms with Crippen molar-refractivity contribution >= 4 is 74.0 Å². The molecule has 12 nitrogen and oxygen atoms in total. The van der Waals surface area contributed by atoms with Crippen molar-refractivity contribution in [2.24, 2.45) is 5.92 Å².